The number of aromatic nitrogens is 3. The summed E-state index contributed by atoms with van der Waals surface area (Å²) in [5.74, 6) is 1.29. The number of fused-ring (bicyclic) bond motifs is 1. The Morgan fingerprint density at radius 2 is 1.90 bits per heavy atom. The van der Waals surface area contributed by atoms with Crippen LogP contribution in [0.4, 0.5) is 5.82 Å². The molecule has 0 spiro atoms. The van der Waals surface area contributed by atoms with Crippen LogP contribution in [0.5, 0.6) is 5.75 Å². The molecule has 0 unspecified atom stereocenters. The maximum atomic E-state index is 9.86. The van der Waals surface area contributed by atoms with Gasteiger partial charge in [-0.05, 0) is 29.3 Å². The van der Waals surface area contributed by atoms with Gasteiger partial charge in [0.1, 0.15) is 23.5 Å². The standard InChI is InChI=1S/C22H22N4O3/c1-29-20-9-14(11-27)7-8-16(20)18-10-17-21(25-18)23-13-24-22(17)26-19(12-28)15-5-3-2-4-6-15/h2-10,13,19,27-28H,11-12H2,1H3,(H2,23,24,25,26)/t19-/m1/s1. The molecule has 2 heterocycles. The van der Waals surface area contributed by atoms with Crippen LogP contribution in [0, 0.1) is 0 Å². The minimum absolute atomic E-state index is 0.0507. The van der Waals surface area contributed by atoms with Crippen LogP contribution < -0.4 is 10.1 Å². The first-order chi connectivity index (χ1) is 14.2. The molecule has 1 atom stereocenters. The number of nitrogens with one attached hydrogen (secondary N) is 2. The third-order valence-electron chi connectivity index (χ3n) is 4.86. The van der Waals surface area contributed by atoms with E-state index in [1.165, 1.54) is 6.33 Å². The van der Waals surface area contributed by atoms with E-state index in [-0.39, 0.29) is 19.3 Å². The van der Waals surface area contributed by atoms with E-state index in [0.717, 1.165) is 27.8 Å². The first kappa shape index (κ1) is 18.9. The molecule has 0 bridgehead atoms. The molecule has 7 heteroatoms. The van der Waals surface area contributed by atoms with Crippen molar-refractivity contribution in [2.45, 2.75) is 12.6 Å². The van der Waals surface area contributed by atoms with Gasteiger partial charge in [0.15, 0.2) is 0 Å². The van der Waals surface area contributed by atoms with Crippen LogP contribution in [-0.2, 0) is 6.61 Å². The zero-order chi connectivity index (χ0) is 20.2. The summed E-state index contributed by atoms with van der Waals surface area (Å²) in [5.41, 5.74) is 4.10. The molecule has 0 aliphatic carbocycles. The van der Waals surface area contributed by atoms with Gasteiger partial charge in [0, 0.05) is 5.56 Å². The van der Waals surface area contributed by atoms with Crippen molar-refractivity contribution in [3.8, 4) is 17.0 Å². The third-order valence-corrected chi connectivity index (χ3v) is 4.86. The molecule has 2 aromatic carbocycles. The molecule has 0 radical (unpaired) electrons. The van der Waals surface area contributed by atoms with Crippen molar-refractivity contribution >= 4 is 16.9 Å². The predicted molar refractivity (Wildman–Crippen MR) is 112 cm³/mol. The summed E-state index contributed by atoms with van der Waals surface area (Å²) < 4.78 is 5.49. The minimum Gasteiger partial charge on any atom is -0.496 e. The predicted octanol–water partition coefficient (Wildman–Crippen LogP) is 3.27. The summed E-state index contributed by atoms with van der Waals surface area (Å²) in [6, 6.07) is 17.0. The monoisotopic (exact) mass is 390 g/mol. The van der Waals surface area contributed by atoms with Gasteiger partial charge in [0.05, 0.1) is 37.4 Å². The lowest BCUT2D eigenvalue weighted by Gasteiger charge is -2.17. The number of hydrogen-bond donors (Lipinski definition) is 4. The Bertz CT molecular complexity index is 1110. The third kappa shape index (κ3) is 3.78. The number of aliphatic hydroxyl groups is 2. The number of ether oxygens (including phenoxy) is 1. The number of benzene rings is 2. The summed E-state index contributed by atoms with van der Waals surface area (Å²) in [4.78, 5) is 12.0. The van der Waals surface area contributed by atoms with Gasteiger partial charge in [-0.25, -0.2) is 9.97 Å². The number of aliphatic hydroxyl groups excluding tert-OH is 2. The zero-order valence-electron chi connectivity index (χ0n) is 16.0. The van der Waals surface area contributed by atoms with Gasteiger partial charge in [-0.1, -0.05) is 36.4 Å². The van der Waals surface area contributed by atoms with E-state index in [4.69, 9.17) is 4.74 Å². The van der Waals surface area contributed by atoms with Gasteiger partial charge in [-0.15, -0.1) is 0 Å². The number of hydrogen-bond acceptors (Lipinski definition) is 6. The van der Waals surface area contributed by atoms with Crippen molar-refractivity contribution in [2.24, 2.45) is 0 Å². The number of nitrogens with zero attached hydrogens (tertiary/aromatic N) is 2. The maximum absolute atomic E-state index is 9.86. The first-order valence-electron chi connectivity index (χ1n) is 9.27. The molecule has 4 N–H and O–H groups in total. The highest BCUT2D eigenvalue weighted by Gasteiger charge is 2.16. The summed E-state index contributed by atoms with van der Waals surface area (Å²) in [6.07, 6.45) is 1.48. The number of rotatable bonds is 7. The summed E-state index contributed by atoms with van der Waals surface area (Å²) in [5, 5.41) is 23.3. The van der Waals surface area contributed by atoms with E-state index < -0.39 is 0 Å². The maximum Gasteiger partial charge on any atom is 0.143 e. The van der Waals surface area contributed by atoms with Crippen LogP contribution >= 0.6 is 0 Å². The molecular weight excluding hydrogens is 368 g/mol. The van der Waals surface area contributed by atoms with Crippen molar-refractivity contribution in [3.05, 3.63) is 72.1 Å². The van der Waals surface area contributed by atoms with Crippen LogP contribution in [0.3, 0.4) is 0 Å². The molecule has 0 aliphatic heterocycles. The second-order valence-corrected chi connectivity index (χ2v) is 6.65. The normalized spacial score (nSPS) is 12.1. The molecule has 148 valence electrons. The molecule has 4 rings (SSSR count). The highest BCUT2D eigenvalue weighted by molar-refractivity contribution is 5.92. The molecule has 0 saturated carbocycles. The second kappa shape index (κ2) is 8.30. The topological polar surface area (TPSA) is 103 Å². The quantitative estimate of drug-likeness (QED) is 0.386. The van der Waals surface area contributed by atoms with E-state index in [2.05, 4.69) is 20.3 Å². The van der Waals surface area contributed by atoms with E-state index >= 15 is 0 Å². The van der Waals surface area contributed by atoms with Crippen LogP contribution in [0.15, 0.2) is 60.9 Å². The highest BCUT2D eigenvalue weighted by atomic mass is 16.5. The van der Waals surface area contributed by atoms with Gasteiger partial charge in [0.2, 0.25) is 0 Å². The fourth-order valence-electron chi connectivity index (χ4n) is 3.34. The van der Waals surface area contributed by atoms with Crippen molar-refractivity contribution < 1.29 is 14.9 Å². The van der Waals surface area contributed by atoms with Crippen molar-refractivity contribution in [1.82, 2.24) is 15.0 Å². The SMILES string of the molecule is COc1cc(CO)ccc1-c1cc2c(N[C@H](CO)c3ccccc3)ncnc2[nH]1. The molecule has 7 nitrogen and oxygen atoms in total. The minimum atomic E-state index is -0.286. The largest absolute Gasteiger partial charge is 0.496 e. The lowest BCUT2D eigenvalue weighted by atomic mass is 10.1. The highest BCUT2D eigenvalue weighted by Crippen LogP contribution is 2.34. The van der Waals surface area contributed by atoms with Crippen LogP contribution in [0.25, 0.3) is 22.3 Å². The number of anilines is 1. The summed E-state index contributed by atoms with van der Waals surface area (Å²) in [7, 11) is 1.60. The second-order valence-electron chi connectivity index (χ2n) is 6.65. The fraction of sp³-hybridized carbons (Fsp3) is 0.182. The van der Waals surface area contributed by atoms with Gasteiger partial charge in [-0.2, -0.15) is 0 Å². The van der Waals surface area contributed by atoms with Crippen LogP contribution in [-0.4, -0.2) is 38.9 Å². The van der Waals surface area contributed by atoms with Crippen LogP contribution in [0.2, 0.25) is 0 Å². The Balaban J connectivity index is 1.73. The van der Waals surface area contributed by atoms with Crippen LogP contribution in [0.1, 0.15) is 17.2 Å². The molecule has 0 aliphatic rings. The Kier molecular flexibility index (Phi) is 5.41. The van der Waals surface area contributed by atoms with Gasteiger partial charge in [-0.3, -0.25) is 0 Å². The molecule has 0 amide bonds. The average Bonchev–Trinajstić information content (AvgIpc) is 3.22. The average molecular weight is 390 g/mol. The van der Waals surface area contributed by atoms with E-state index in [1.807, 2.05) is 54.6 Å². The van der Waals surface area contributed by atoms with Gasteiger partial charge >= 0.3 is 0 Å². The Hall–Kier alpha value is -3.42. The van der Waals surface area contributed by atoms with Crippen molar-refractivity contribution in [1.29, 1.82) is 0 Å². The molecule has 4 aromatic rings. The van der Waals surface area contributed by atoms with E-state index in [1.54, 1.807) is 7.11 Å². The zero-order valence-corrected chi connectivity index (χ0v) is 16.0. The van der Waals surface area contributed by atoms with Gasteiger partial charge < -0.3 is 25.3 Å². The summed E-state index contributed by atoms with van der Waals surface area (Å²) in [6.45, 7) is -0.117. The number of methoxy groups -OCH3 is 1. The smallest absolute Gasteiger partial charge is 0.143 e. The molecule has 29 heavy (non-hydrogen) atoms. The molecule has 0 saturated heterocycles. The van der Waals surface area contributed by atoms with Gasteiger partial charge in [0.25, 0.3) is 0 Å². The summed E-state index contributed by atoms with van der Waals surface area (Å²) >= 11 is 0. The first-order valence-corrected chi connectivity index (χ1v) is 9.27. The van der Waals surface area contributed by atoms with Crippen molar-refractivity contribution in [3.63, 3.8) is 0 Å². The number of H-pyrrole nitrogens is 1. The Morgan fingerprint density at radius 1 is 1.07 bits per heavy atom. The Labute approximate surface area is 168 Å². The molecular formula is C22H22N4O3. The number of aromatic amines is 1. The Morgan fingerprint density at radius 3 is 2.62 bits per heavy atom. The van der Waals surface area contributed by atoms with E-state index in [0.29, 0.717) is 17.2 Å². The van der Waals surface area contributed by atoms with Crippen molar-refractivity contribution in [2.75, 3.05) is 19.0 Å². The molecule has 2 aromatic heterocycles. The lowest BCUT2D eigenvalue weighted by Crippen LogP contribution is -2.15. The van der Waals surface area contributed by atoms with E-state index in [9.17, 15) is 10.2 Å². The lowest BCUT2D eigenvalue weighted by molar-refractivity contribution is 0.276. The molecule has 0 fully saturated rings. The fourth-order valence-corrected chi connectivity index (χ4v) is 3.34.